The Kier molecular flexibility index (Phi) is 3.71. The summed E-state index contributed by atoms with van der Waals surface area (Å²) >= 11 is 0. The van der Waals surface area contributed by atoms with Crippen molar-refractivity contribution >= 4 is 0 Å². The highest BCUT2D eigenvalue weighted by molar-refractivity contribution is 5.41. The molecule has 0 saturated carbocycles. The monoisotopic (exact) mass is 272 g/mol. The minimum absolute atomic E-state index is 0.0930. The van der Waals surface area contributed by atoms with Crippen molar-refractivity contribution in [1.82, 2.24) is 15.2 Å². The number of hydrazine groups is 1. The summed E-state index contributed by atoms with van der Waals surface area (Å²) in [5.41, 5.74) is 6.56. The highest BCUT2D eigenvalue weighted by Crippen LogP contribution is 2.29. The molecule has 1 atom stereocenters. The van der Waals surface area contributed by atoms with Gasteiger partial charge in [0.25, 0.3) is 0 Å². The summed E-state index contributed by atoms with van der Waals surface area (Å²) in [6.45, 7) is 3.75. The normalized spacial score (nSPS) is 14.9. The van der Waals surface area contributed by atoms with Gasteiger partial charge in [0.2, 0.25) is 0 Å². The van der Waals surface area contributed by atoms with E-state index in [0.29, 0.717) is 0 Å². The summed E-state index contributed by atoms with van der Waals surface area (Å²) < 4.78 is 7.47. The van der Waals surface area contributed by atoms with Crippen LogP contribution in [0.15, 0.2) is 30.6 Å². The van der Waals surface area contributed by atoms with E-state index < -0.39 is 0 Å². The van der Waals surface area contributed by atoms with Gasteiger partial charge in [0, 0.05) is 19.2 Å². The number of ether oxygens (including phenoxy) is 1. The number of aryl methyl sites for hydroxylation is 1. The SMILES string of the molecule is CCn1cc(CC(NN)c2ccc3c(c2)CCO3)cn1. The van der Waals surface area contributed by atoms with Crippen LogP contribution in [0.5, 0.6) is 5.75 Å². The number of rotatable bonds is 5. The maximum atomic E-state index is 5.73. The van der Waals surface area contributed by atoms with Gasteiger partial charge in [0.15, 0.2) is 0 Å². The zero-order valence-electron chi connectivity index (χ0n) is 11.7. The van der Waals surface area contributed by atoms with Gasteiger partial charge in [-0.2, -0.15) is 5.10 Å². The molecule has 1 aromatic carbocycles. The van der Waals surface area contributed by atoms with Crippen molar-refractivity contribution in [3.8, 4) is 5.75 Å². The zero-order chi connectivity index (χ0) is 13.9. The van der Waals surface area contributed by atoms with Crippen LogP contribution in [0, 0.1) is 0 Å². The zero-order valence-corrected chi connectivity index (χ0v) is 11.7. The van der Waals surface area contributed by atoms with E-state index in [1.807, 2.05) is 16.9 Å². The fourth-order valence-corrected chi connectivity index (χ4v) is 2.62. The highest BCUT2D eigenvalue weighted by Gasteiger charge is 2.17. The number of nitrogens with zero attached hydrogens (tertiary/aromatic N) is 2. The first-order valence-corrected chi connectivity index (χ1v) is 7.03. The molecule has 3 N–H and O–H groups in total. The second kappa shape index (κ2) is 5.64. The lowest BCUT2D eigenvalue weighted by Gasteiger charge is -2.16. The Morgan fingerprint density at radius 3 is 3.15 bits per heavy atom. The lowest BCUT2D eigenvalue weighted by atomic mass is 9.98. The van der Waals surface area contributed by atoms with Gasteiger partial charge in [-0.1, -0.05) is 12.1 Å². The van der Waals surface area contributed by atoms with E-state index in [9.17, 15) is 0 Å². The van der Waals surface area contributed by atoms with Gasteiger partial charge in [0.05, 0.1) is 18.8 Å². The number of fused-ring (bicyclic) bond motifs is 1. The quantitative estimate of drug-likeness (QED) is 0.641. The van der Waals surface area contributed by atoms with E-state index in [1.165, 1.54) is 16.7 Å². The van der Waals surface area contributed by atoms with Crippen LogP contribution < -0.4 is 16.0 Å². The Balaban J connectivity index is 1.79. The third-order valence-electron chi connectivity index (χ3n) is 3.77. The Morgan fingerprint density at radius 1 is 1.50 bits per heavy atom. The third-order valence-corrected chi connectivity index (χ3v) is 3.77. The lowest BCUT2D eigenvalue weighted by Crippen LogP contribution is -2.29. The molecule has 20 heavy (non-hydrogen) atoms. The minimum atomic E-state index is 0.0930. The van der Waals surface area contributed by atoms with Crippen LogP contribution in [0.2, 0.25) is 0 Å². The van der Waals surface area contributed by atoms with Crippen LogP contribution in [0.3, 0.4) is 0 Å². The van der Waals surface area contributed by atoms with Gasteiger partial charge < -0.3 is 4.74 Å². The Bertz CT molecular complexity index is 593. The summed E-state index contributed by atoms with van der Waals surface area (Å²) in [6, 6.07) is 6.41. The summed E-state index contributed by atoms with van der Waals surface area (Å²) in [7, 11) is 0. The molecular weight excluding hydrogens is 252 g/mol. The first-order chi connectivity index (χ1) is 9.80. The molecule has 1 aromatic heterocycles. The molecule has 1 aliphatic heterocycles. The molecule has 5 heteroatoms. The predicted molar refractivity (Wildman–Crippen MR) is 77.3 cm³/mol. The molecule has 0 spiro atoms. The third kappa shape index (κ3) is 2.55. The summed E-state index contributed by atoms with van der Waals surface area (Å²) in [5, 5.41) is 4.30. The lowest BCUT2D eigenvalue weighted by molar-refractivity contribution is 0.356. The number of nitrogens with one attached hydrogen (secondary N) is 1. The molecule has 1 aliphatic rings. The van der Waals surface area contributed by atoms with Crippen molar-refractivity contribution in [1.29, 1.82) is 0 Å². The highest BCUT2D eigenvalue weighted by atomic mass is 16.5. The maximum absolute atomic E-state index is 5.73. The van der Waals surface area contributed by atoms with Crippen LogP contribution in [0.1, 0.15) is 29.7 Å². The van der Waals surface area contributed by atoms with E-state index >= 15 is 0 Å². The fraction of sp³-hybridized carbons (Fsp3) is 0.400. The molecule has 3 rings (SSSR count). The molecule has 0 aliphatic carbocycles. The fourth-order valence-electron chi connectivity index (χ4n) is 2.62. The van der Waals surface area contributed by atoms with Gasteiger partial charge in [-0.15, -0.1) is 0 Å². The smallest absolute Gasteiger partial charge is 0.122 e. The van der Waals surface area contributed by atoms with Gasteiger partial charge >= 0.3 is 0 Å². The molecule has 1 unspecified atom stereocenters. The second-order valence-corrected chi connectivity index (χ2v) is 5.09. The summed E-state index contributed by atoms with van der Waals surface area (Å²) in [6.07, 6.45) is 5.79. The average Bonchev–Trinajstić information content (AvgIpc) is 3.12. The van der Waals surface area contributed by atoms with Crippen molar-refractivity contribution in [2.75, 3.05) is 6.61 Å². The standard InChI is InChI=1S/C15H20N4O/c1-2-19-10-11(9-17-19)7-14(18-16)12-3-4-15-13(8-12)5-6-20-15/h3-4,8-10,14,18H,2,5-7,16H2,1H3. The average molecular weight is 272 g/mol. The molecule has 106 valence electrons. The van der Waals surface area contributed by atoms with Crippen molar-refractivity contribution < 1.29 is 4.74 Å². The number of nitrogens with two attached hydrogens (primary N) is 1. The number of hydrogen-bond donors (Lipinski definition) is 2. The topological polar surface area (TPSA) is 65.1 Å². The molecule has 5 nitrogen and oxygen atoms in total. The van der Waals surface area contributed by atoms with Gasteiger partial charge in [-0.05, 0) is 36.1 Å². The van der Waals surface area contributed by atoms with Crippen molar-refractivity contribution in [3.63, 3.8) is 0 Å². The van der Waals surface area contributed by atoms with Crippen molar-refractivity contribution in [2.45, 2.75) is 32.4 Å². The molecule has 0 saturated heterocycles. The maximum Gasteiger partial charge on any atom is 0.122 e. The minimum Gasteiger partial charge on any atom is -0.493 e. The summed E-state index contributed by atoms with van der Waals surface area (Å²) in [5.74, 6) is 6.73. The molecule has 2 heterocycles. The molecule has 2 aromatic rings. The van der Waals surface area contributed by atoms with Crippen LogP contribution >= 0.6 is 0 Å². The van der Waals surface area contributed by atoms with Crippen LogP contribution in [-0.2, 0) is 19.4 Å². The van der Waals surface area contributed by atoms with Gasteiger partial charge in [-0.25, -0.2) is 0 Å². The van der Waals surface area contributed by atoms with Crippen LogP contribution in [0.4, 0.5) is 0 Å². The molecular formula is C15H20N4O. The second-order valence-electron chi connectivity index (χ2n) is 5.09. The molecule has 0 bridgehead atoms. The molecule has 0 fully saturated rings. The number of benzene rings is 1. The van der Waals surface area contributed by atoms with Gasteiger partial charge in [-0.3, -0.25) is 16.0 Å². The first kappa shape index (κ1) is 13.1. The number of aromatic nitrogens is 2. The van der Waals surface area contributed by atoms with E-state index in [4.69, 9.17) is 10.6 Å². The molecule has 0 amide bonds. The summed E-state index contributed by atoms with van der Waals surface area (Å²) in [4.78, 5) is 0. The first-order valence-electron chi connectivity index (χ1n) is 7.03. The Labute approximate surface area is 118 Å². The van der Waals surface area contributed by atoms with Crippen LogP contribution in [0.25, 0.3) is 0 Å². The van der Waals surface area contributed by atoms with Crippen LogP contribution in [-0.4, -0.2) is 16.4 Å². The Morgan fingerprint density at radius 2 is 2.40 bits per heavy atom. The molecule has 0 radical (unpaired) electrons. The van der Waals surface area contributed by atoms with E-state index in [-0.39, 0.29) is 6.04 Å². The predicted octanol–water partition coefficient (Wildman–Crippen LogP) is 1.59. The Hall–Kier alpha value is -1.85. The van der Waals surface area contributed by atoms with Crippen molar-refractivity contribution in [2.24, 2.45) is 5.84 Å². The van der Waals surface area contributed by atoms with Crippen molar-refractivity contribution in [3.05, 3.63) is 47.3 Å². The largest absolute Gasteiger partial charge is 0.493 e. The van der Waals surface area contributed by atoms with E-state index in [0.717, 1.165) is 31.7 Å². The van der Waals surface area contributed by atoms with E-state index in [1.54, 1.807) is 0 Å². The van der Waals surface area contributed by atoms with E-state index in [2.05, 4.69) is 35.8 Å². The number of hydrogen-bond acceptors (Lipinski definition) is 4. The van der Waals surface area contributed by atoms with Gasteiger partial charge in [0.1, 0.15) is 5.75 Å².